The summed E-state index contributed by atoms with van der Waals surface area (Å²) < 4.78 is 18.6. The van der Waals surface area contributed by atoms with Crippen molar-refractivity contribution in [1.82, 2.24) is 9.97 Å². The van der Waals surface area contributed by atoms with E-state index in [0.29, 0.717) is 0 Å². The summed E-state index contributed by atoms with van der Waals surface area (Å²) in [6.07, 6.45) is 2.56. The number of furan rings is 1. The Morgan fingerprint density at radius 1 is 0.938 bits per heavy atom. The van der Waals surface area contributed by atoms with Crippen molar-refractivity contribution in [3.05, 3.63) is 59.9 Å². The van der Waals surface area contributed by atoms with Gasteiger partial charge in [-0.2, -0.15) is 0 Å². The summed E-state index contributed by atoms with van der Waals surface area (Å²) in [4.78, 5) is 11.4. The molecule has 0 radical (unpaired) electrons. The summed E-state index contributed by atoms with van der Waals surface area (Å²) in [5.74, 6) is 0.854. The van der Waals surface area contributed by atoms with Crippen LogP contribution in [0.2, 0.25) is 0 Å². The molecule has 4 aromatic rings. The zero-order valence-electron chi connectivity index (χ0n) is 18.9. The first-order chi connectivity index (χ1) is 15.3. The Morgan fingerprint density at radius 2 is 1.72 bits per heavy atom. The van der Waals surface area contributed by atoms with Gasteiger partial charge in [-0.15, -0.1) is 0 Å². The summed E-state index contributed by atoms with van der Waals surface area (Å²) in [6, 6.07) is 14.6. The largest absolute Gasteiger partial charge is 0.494 e. The molecule has 0 bridgehead atoms. The smallest absolute Gasteiger partial charge is 0.450 e. The highest BCUT2D eigenvalue weighted by molar-refractivity contribution is 6.62. The van der Waals surface area contributed by atoms with Crippen LogP contribution in [0.25, 0.3) is 22.1 Å². The Hall–Kier alpha value is -2.90. The van der Waals surface area contributed by atoms with Gasteiger partial charge >= 0.3 is 7.12 Å². The predicted molar refractivity (Wildman–Crippen MR) is 126 cm³/mol. The maximum atomic E-state index is 6.25. The fourth-order valence-electron chi connectivity index (χ4n) is 4.62. The van der Waals surface area contributed by atoms with Gasteiger partial charge in [0.15, 0.2) is 11.4 Å². The molecule has 1 fully saturated rings. The van der Waals surface area contributed by atoms with Crippen LogP contribution in [-0.4, -0.2) is 34.8 Å². The van der Waals surface area contributed by atoms with Crippen LogP contribution in [0.15, 0.2) is 53.2 Å². The highest BCUT2D eigenvalue weighted by Gasteiger charge is 2.51. The van der Waals surface area contributed by atoms with Gasteiger partial charge in [-0.25, -0.2) is 9.97 Å². The SMILES string of the molecule is CC1(C)OB(c2ccc3c(c2)CCN(c2ncnc4c2oc2ccccc24)C3)OC1(C)C. The second-order valence-electron chi connectivity index (χ2n) is 9.76. The predicted octanol–water partition coefficient (Wildman–Crippen LogP) is 4.24. The van der Waals surface area contributed by atoms with E-state index in [1.807, 2.05) is 24.3 Å². The fourth-order valence-corrected chi connectivity index (χ4v) is 4.62. The van der Waals surface area contributed by atoms with Crippen LogP contribution in [0.1, 0.15) is 38.8 Å². The lowest BCUT2D eigenvalue weighted by molar-refractivity contribution is 0.00578. The highest BCUT2D eigenvalue weighted by Crippen LogP contribution is 2.37. The molecule has 0 saturated carbocycles. The van der Waals surface area contributed by atoms with Gasteiger partial charge in [-0.05, 0) is 62.8 Å². The minimum absolute atomic E-state index is 0.333. The van der Waals surface area contributed by atoms with Gasteiger partial charge in [0.25, 0.3) is 0 Å². The molecular formula is C25H26BN3O3. The third kappa shape index (κ3) is 2.95. The molecule has 0 amide bonds. The zero-order chi connectivity index (χ0) is 22.1. The molecule has 2 aromatic carbocycles. The van der Waals surface area contributed by atoms with Gasteiger partial charge < -0.3 is 18.6 Å². The molecule has 7 heteroatoms. The molecule has 0 aliphatic carbocycles. The number of hydrogen-bond donors (Lipinski definition) is 0. The summed E-state index contributed by atoms with van der Waals surface area (Å²) in [7, 11) is -0.333. The highest BCUT2D eigenvalue weighted by atomic mass is 16.7. The number of anilines is 1. The van der Waals surface area contributed by atoms with E-state index in [4.69, 9.17) is 13.7 Å². The molecular weight excluding hydrogens is 401 g/mol. The molecule has 4 heterocycles. The Morgan fingerprint density at radius 3 is 2.53 bits per heavy atom. The normalized spacial score (nSPS) is 19.6. The number of benzene rings is 2. The lowest BCUT2D eigenvalue weighted by atomic mass is 9.77. The number of hydrogen-bond acceptors (Lipinski definition) is 6. The van der Waals surface area contributed by atoms with E-state index in [0.717, 1.165) is 52.9 Å². The van der Waals surface area contributed by atoms with Crippen molar-refractivity contribution in [3.8, 4) is 0 Å². The number of aromatic nitrogens is 2. The Balaban J connectivity index is 1.31. The van der Waals surface area contributed by atoms with Gasteiger partial charge in [-0.1, -0.05) is 30.3 Å². The van der Waals surface area contributed by atoms with Crippen LogP contribution in [0.4, 0.5) is 5.82 Å². The molecule has 2 aromatic heterocycles. The quantitative estimate of drug-likeness (QED) is 0.446. The molecule has 6 rings (SSSR count). The molecule has 0 spiro atoms. The van der Waals surface area contributed by atoms with Crippen molar-refractivity contribution in [3.63, 3.8) is 0 Å². The number of nitrogens with zero attached hydrogens (tertiary/aromatic N) is 3. The summed E-state index contributed by atoms with van der Waals surface area (Å²) >= 11 is 0. The summed E-state index contributed by atoms with van der Waals surface area (Å²) in [5, 5.41) is 1.02. The van der Waals surface area contributed by atoms with E-state index >= 15 is 0 Å². The van der Waals surface area contributed by atoms with Crippen molar-refractivity contribution in [1.29, 1.82) is 0 Å². The molecule has 0 unspecified atom stereocenters. The van der Waals surface area contributed by atoms with Gasteiger partial charge in [0.2, 0.25) is 0 Å². The monoisotopic (exact) mass is 427 g/mol. The van der Waals surface area contributed by atoms with E-state index in [1.54, 1.807) is 6.33 Å². The van der Waals surface area contributed by atoms with Crippen molar-refractivity contribution < 1.29 is 13.7 Å². The molecule has 32 heavy (non-hydrogen) atoms. The number of rotatable bonds is 2. The second-order valence-corrected chi connectivity index (χ2v) is 9.76. The fraction of sp³-hybridized carbons (Fsp3) is 0.360. The van der Waals surface area contributed by atoms with E-state index in [9.17, 15) is 0 Å². The maximum absolute atomic E-state index is 6.25. The van der Waals surface area contributed by atoms with Crippen LogP contribution in [0.3, 0.4) is 0 Å². The standard InChI is InChI=1S/C25H26BN3O3/c1-24(2)25(3,4)32-26(31-24)18-10-9-17-14-29(12-11-16(17)13-18)23-22-21(27-15-28-23)19-7-5-6-8-20(19)30-22/h5-10,13,15H,11-12,14H2,1-4H3. The molecule has 6 nitrogen and oxygen atoms in total. The van der Waals surface area contributed by atoms with Gasteiger partial charge in [-0.3, -0.25) is 0 Å². The first-order valence-corrected chi connectivity index (χ1v) is 11.2. The van der Waals surface area contributed by atoms with E-state index in [2.05, 4.69) is 60.8 Å². The molecule has 2 aliphatic rings. The molecule has 2 aliphatic heterocycles. The first-order valence-electron chi connectivity index (χ1n) is 11.2. The van der Waals surface area contributed by atoms with Crippen molar-refractivity contribution in [2.45, 2.75) is 51.9 Å². The molecule has 162 valence electrons. The average molecular weight is 427 g/mol. The van der Waals surface area contributed by atoms with Crippen LogP contribution in [0.5, 0.6) is 0 Å². The number of fused-ring (bicyclic) bond motifs is 4. The van der Waals surface area contributed by atoms with E-state index in [-0.39, 0.29) is 18.3 Å². The minimum Gasteiger partial charge on any atom is -0.450 e. The zero-order valence-corrected chi connectivity index (χ0v) is 18.9. The Kier molecular flexibility index (Phi) is 4.20. The Labute approximate surface area is 187 Å². The van der Waals surface area contributed by atoms with Crippen molar-refractivity contribution in [2.24, 2.45) is 0 Å². The van der Waals surface area contributed by atoms with Crippen LogP contribution >= 0.6 is 0 Å². The second kappa shape index (κ2) is 6.80. The third-order valence-corrected chi connectivity index (χ3v) is 7.21. The number of para-hydroxylation sites is 1. The van der Waals surface area contributed by atoms with Gasteiger partial charge in [0.05, 0.1) is 11.2 Å². The van der Waals surface area contributed by atoms with Crippen molar-refractivity contribution >= 4 is 40.5 Å². The van der Waals surface area contributed by atoms with E-state index < -0.39 is 0 Å². The topological polar surface area (TPSA) is 60.6 Å². The molecule has 0 N–H and O–H groups in total. The van der Waals surface area contributed by atoms with Gasteiger partial charge in [0, 0.05) is 18.5 Å². The summed E-state index contributed by atoms with van der Waals surface area (Å²) in [6.45, 7) is 9.99. The van der Waals surface area contributed by atoms with Crippen molar-refractivity contribution in [2.75, 3.05) is 11.4 Å². The molecule has 0 atom stereocenters. The first kappa shape index (κ1) is 19.8. The molecule has 1 saturated heterocycles. The summed E-state index contributed by atoms with van der Waals surface area (Å²) in [5.41, 5.74) is 5.50. The lowest BCUT2D eigenvalue weighted by Gasteiger charge is -2.32. The third-order valence-electron chi connectivity index (χ3n) is 7.21. The lowest BCUT2D eigenvalue weighted by Crippen LogP contribution is -2.41. The van der Waals surface area contributed by atoms with Gasteiger partial charge in [0.1, 0.15) is 17.4 Å². The van der Waals surface area contributed by atoms with Crippen LogP contribution in [0, 0.1) is 0 Å². The van der Waals surface area contributed by atoms with E-state index in [1.165, 1.54) is 11.1 Å². The maximum Gasteiger partial charge on any atom is 0.494 e. The minimum atomic E-state index is -0.338. The Bertz CT molecular complexity index is 1330. The van der Waals surface area contributed by atoms with Crippen LogP contribution in [-0.2, 0) is 22.3 Å². The van der Waals surface area contributed by atoms with Crippen LogP contribution < -0.4 is 10.4 Å². The average Bonchev–Trinajstić information content (AvgIpc) is 3.26.